The van der Waals surface area contributed by atoms with E-state index in [2.05, 4.69) is 14.1 Å². The molecule has 0 N–H and O–H groups in total. The fourth-order valence-electron chi connectivity index (χ4n) is 3.12. The van der Waals surface area contributed by atoms with Gasteiger partial charge in [-0.3, -0.25) is 4.79 Å². The van der Waals surface area contributed by atoms with E-state index < -0.39 is 0 Å². The first-order chi connectivity index (χ1) is 5.55. The predicted molar refractivity (Wildman–Crippen MR) is 47.7 cm³/mol. The molecule has 0 aromatic heterocycles. The second-order valence-electron chi connectivity index (χ2n) is 5.22. The van der Waals surface area contributed by atoms with Crippen LogP contribution in [0, 0.1) is 11.8 Å². The summed E-state index contributed by atoms with van der Waals surface area (Å²) < 4.78 is 1.13. The lowest BCUT2D eigenvalue weighted by molar-refractivity contribution is -0.902. The molecule has 1 heterocycles. The monoisotopic (exact) mass is 168 g/mol. The van der Waals surface area contributed by atoms with Gasteiger partial charge in [0.25, 0.3) is 0 Å². The number of quaternary nitrogens is 1. The van der Waals surface area contributed by atoms with Crippen LogP contribution in [0.2, 0.25) is 0 Å². The normalized spacial score (nSPS) is 39.7. The first-order valence-corrected chi connectivity index (χ1v) is 4.89. The molecule has 2 aliphatic rings. The predicted octanol–water partition coefficient (Wildman–Crippen LogP) is 1.06. The molecule has 2 atom stereocenters. The first kappa shape index (κ1) is 8.24. The topological polar surface area (TPSA) is 17.1 Å². The molecular formula is C10H18NO+. The van der Waals surface area contributed by atoms with Crippen molar-refractivity contribution in [1.82, 2.24) is 0 Å². The van der Waals surface area contributed by atoms with Gasteiger partial charge in [0.15, 0.2) is 0 Å². The van der Waals surface area contributed by atoms with Crippen molar-refractivity contribution in [2.24, 2.45) is 11.8 Å². The third kappa shape index (κ3) is 1.53. The molecule has 2 nitrogen and oxygen atoms in total. The lowest BCUT2D eigenvalue weighted by Crippen LogP contribution is -2.53. The highest BCUT2D eigenvalue weighted by Gasteiger charge is 2.39. The van der Waals surface area contributed by atoms with Crippen LogP contribution >= 0.6 is 0 Å². The number of fused-ring (bicyclic) bond motifs is 2. The minimum atomic E-state index is 0.510. The average Bonchev–Trinajstić information content (AvgIpc) is 1.78. The second kappa shape index (κ2) is 2.56. The molecule has 1 saturated heterocycles. The molecule has 1 saturated carbocycles. The van der Waals surface area contributed by atoms with Crippen molar-refractivity contribution in [3.05, 3.63) is 0 Å². The van der Waals surface area contributed by atoms with E-state index in [-0.39, 0.29) is 0 Å². The van der Waals surface area contributed by atoms with Gasteiger partial charge in [-0.2, -0.15) is 0 Å². The summed E-state index contributed by atoms with van der Waals surface area (Å²) in [5, 5.41) is 0. The van der Waals surface area contributed by atoms with Crippen molar-refractivity contribution in [1.29, 1.82) is 0 Å². The van der Waals surface area contributed by atoms with Gasteiger partial charge in [-0.1, -0.05) is 0 Å². The Balaban J connectivity index is 2.10. The van der Waals surface area contributed by atoms with Gasteiger partial charge in [-0.15, -0.1) is 0 Å². The lowest BCUT2D eigenvalue weighted by atomic mass is 9.76. The summed E-state index contributed by atoms with van der Waals surface area (Å²) in [5.74, 6) is 1.90. The van der Waals surface area contributed by atoms with Gasteiger partial charge in [-0.05, 0) is 6.42 Å². The van der Waals surface area contributed by atoms with E-state index in [0.717, 1.165) is 17.3 Å². The molecule has 0 aromatic rings. The SMILES string of the molecule is C[N+]1(C)C[C@H]2CC(=O)C[C@@H](C2)C1. The molecule has 0 unspecified atom stereocenters. The zero-order chi connectivity index (χ0) is 8.77. The molecule has 0 radical (unpaired) electrons. The van der Waals surface area contributed by atoms with Crippen LogP contribution in [0.5, 0.6) is 0 Å². The van der Waals surface area contributed by atoms with Crippen molar-refractivity contribution in [3.8, 4) is 0 Å². The van der Waals surface area contributed by atoms with Crippen molar-refractivity contribution in [2.45, 2.75) is 19.3 Å². The maximum Gasteiger partial charge on any atom is 0.133 e. The molecule has 2 fully saturated rings. The minimum Gasteiger partial charge on any atom is -0.328 e. The first-order valence-electron chi connectivity index (χ1n) is 4.89. The number of hydrogen-bond acceptors (Lipinski definition) is 1. The smallest absolute Gasteiger partial charge is 0.133 e. The number of carbonyl (C=O) groups is 1. The van der Waals surface area contributed by atoms with Crippen LogP contribution in [0.4, 0.5) is 0 Å². The summed E-state index contributed by atoms with van der Waals surface area (Å²) in [6.07, 6.45) is 3.03. The molecule has 2 rings (SSSR count). The zero-order valence-electron chi connectivity index (χ0n) is 8.05. The summed E-state index contributed by atoms with van der Waals surface area (Å²) in [5.41, 5.74) is 0. The van der Waals surface area contributed by atoms with Gasteiger partial charge in [0.05, 0.1) is 27.2 Å². The van der Waals surface area contributed by atoms with Gasteiger partial charge in [-0.25, -0.2) is 0 Å². The van der Waals surface area contributed by atoms with E-state index in [9.17, 15) is 4.79 Å². The second-order valence-corrected chi connectivity index (χ2v) is 5.22. The molecule has 0 spiro atoms. The Morgan fingerprint density at radius 3 is 2.17 bits per heavy atom. The number of nitrogens with zero attached hydrogens (tertiary/aromatic N) is 1. The van der Waals surface area contributed by atoms with Gasteiger partial charge in [0.2, 0.25) is 0 Å². The van der Waals surface area contributed by atoms with Gasteiger partial charge in [0, 0.05) is 24.7 Å². The Morgan fingerprint density at radius 2 is 1.67 bits per heavy atom. The largest absolute Gasteiger partial charge is 0.328 e. The molecule has 0 aromatic carbocycles. The molecule has 2 heteroatoms. The van der Waals surface area contributed by atoms with Crippen LogP contribution in [0.25, 0.3) is 0 Å². The molecule has 1 aliphatic heterocycles. The van der Waals surface area contributed by atoms with Crippen molar-refractivity contribution in [3.63, 3.8) is 0 Å². The lowest BCUT2D eigenvalue weighted by Gasteiger charge is -2.44. The van der Waals surface area contributed by atoms with Crippen LogP contribution in [-0.4, -0.2) is 37.5 Å². The van der Waals surface area contributed by atoms with E-state index in [0.29, 0.717) is 17.6 Å². The van der Waals surface area contributed by atoms with E-state index in [1.165, 1.54) is 19.5 Å². The van der Waals surface area contributed by atoms with Crippen LogP contribution in [0.15, 0.2) is 0 Å². The van der Waals surface area contributed by atoms with E-state index in [1.54, 1.807) is 0 Å². The van der Waals surface area contributed by atoms with Crippen LogP contribution in [0.3, 0.4) is 0 Å². The number of carbonyl (C=O) groups excluding carboxylic acids is 1. The Kier molecular flexibility index (Phi) is 1.76. The number of ketones is 1. The Bertz CT molecular complexity index is 192. The summed E-state index contributed by atoms with van der Waals surface area (Å²) in [6.45, 7) is 2.42. The molecule has 2 bridgehead atoms. The Morgan fingerprint density at radius 1 is 1.17 bits per heavy atom. The van der Waals surface area contributed by atoms with Gasteiger partial charge >= 0.3 is 0 Å². The number of likely N-dealkylation sites (tertiary alicyclic amines) is 1. The van der Waals surface area contributed by atoms with Crippen molar-refractivity contribution < 1.29 is 9.28 Å². The summed E-state index contributed by atoms with van der Waals surface area (Å²) in [4.78, 5) is 11.3. The number of piperidine rings is 1. The van der Waals surface area contributed by atoms with Gasteiger partial charge in [0.1, 0.15) is 5.78 Å². The van der Waals surface area contributed by atoms with E-state index in [4.69, 9.17) is 0 Å². The van der Waals surface area contributed by atoms with Crippen LogP contribution in [-0.2, 0) is 4.79 Å². The third-order valence-corrected chi connectivity index (χ3v) is 3.20. The molecule has 12 heavy (non-hydrogen) atoms. The summed E-state index contributed by atoms with van der Waals surface area (Å²) in [7, 11) is 4.57. The average molecular weight is 168 g/mol. The van der Waals surface area contributed by atoms with Crippen LogP contribution < -0.4 is 0 Å². The molecule has 68 valence electrons. The maximum atomic E-state index is 11.3. The fourth-order valence-corrected chi connectivity index (χ4v) is 3.12. The highest BCUT2D eigenvalue weighted by atomic mass is 16.1. The molecule has 1 aliphatic carbocycles. The zero-order valence-corrected chi connectivity index (χ0v) is 8.05. The Labute approximate surface area is 74.1 Å². The van der Waals surface area contributed by atoms with E-state index in [1.807, 2.05) is 0 Å². The fraction of sp³-hybridized carbons (Fsp3) is 0.900. The molecular weight excluding hydrogens is 150 g/mol. The quantitative estimate of drug-likeness (QED) is 0.494. The third-order valence-electron chi connectivity index (χ3n) is 3.20. The number of Topliss-reactive ketones (excluding diaryl/α,β-unsaturated/α-hetero) is 1. The number of hydrogen-bond donors (Lipinski definition) is 0. The standard InChI is InChI=1S/C10H18NO/c1-11(2)6-8-3-9(7-11)5-10(12)4-8/h8-9H,3-7H2,1-2H3/q+1/t8-,9-/m1/s1. The maximum absolute atomic E-state index is 11.3. The minimum absolute atomic E-state index is 0.510. The highest BCUT2D eigenvalue weighted by molar-refractivity contribution is 5.79. The van der Waals surface area contributed by atoms with Crippen LogP contribution in [0.1, 0.15) is 19.3 Å². The summed E-state index contributed by atoms with van der Waals surface area (Å²) in [6, 6.07) is 0. The summed E-state index contributed by atoms with van der Waals surface area (Å²) >= 11 is 0. The molecule has 0 amide bonds. The highest BCUT2D eigenvalue weighted by Crippen LogP contribution is 2.34. The Hall–Kier alpha value is -0.370. The van der Waals surface area contributed by atoms with Crippen molar-refractivity contribution in [2.75, 3.05) is 27.2 Å². The number of rotatable bonds is 0. The van der Waals surface area contributed by atoms with Gasteiger partial charge < -0.3 is 4.48 Å². The van der Waals surface area contributed by atoms with Crippen molar-refractivity contribution >= 4 is 5.78 Å². The van der Waals surface area contributed by atoms with E-state index >= 15 is 0 Å².